The van der Waals surface area contributed by atoms with Crippen molar-refractivity contribution in [1.29, 1.82) is 0 Å². The minimum Gasteiger partial charge on any atom is -0.447 e. The van der Waals surface area contributed by atoms with Crippen molar-refractivity contribution in [3.8, 4) is 0 Å². The molecule has 0 saturated carbocycles. The highest BCUT2D eigenvalue weighted by Crippen LogP contribution is 2.17. The standard InChI is InChI=1S/C19H33N3O5/c1-14(2)25-17(23)21-12-8-16(9-13-21)27-20-15-6-10-22(11-7-15)18(24)26-19(3,4)5/h6,14,16,20H,7-13H2,1-5H3. The van der Waals surface area contributed by atoms with E-state index in [1.165, 1.54) is 0 Å². The first-order chi connectivity index (χ1) is 12.6. The van der Waals surface area contributed by atoms with Crippen molar-refractivity contribution in [3.63, 3.8) is 0 Å². The van der Waals surface area contributed by atoms with Gasteiger partial charge in [0.2, 0.25) is 0 Å². The molecule has 2 aliphatic heterocycles. The maximum absolute atomic E-state index is 12.1. The van der Waals surface area contributed by atoms with E-state index in [1.54, 1.807) is 9.80 Å². The molecule has 0 aromatic carbocycles. The summed E-state index contributed by atoms with van der Waals surface area (Å²) in [4.78, 5) is 33.1. The molecule has 0 spiro atoms. The molecule has 2 rings (SSSR count). The highest BCUT2D eigenvalue weighted by atomic mass is 16.7. The highest BCUT2D eigenvalue weighted by molar-refractivity contribution is 5.68. The molecular formula is C19H33N3O5. The summed E-state index contributed by atoms with van der Waals surface area (Å²) in [5.41, 5.74) is 3.50. The normalized spacial score (nSPS) is 19.0. The third-order valence-electron chi connectivity index (χ3n) is 4.25. The number of hydrogen-bond donors (Lipinski definition) is 1. The Kier molecular flexibility index (Phi) is 7.35. The molecule has 0 radical (unpaired) electrons. The summed E-state index contributed by atoms with van der Waals surface area (Å²) in [6, 6.07) is 0. The second-order valence-electron chi connectivity index (χ2n) is 8.24. The Hall–Kier alpha value is -1.96. The molecule has 0 aliphatic carbocycles. The van der Waals surface area contributed by atoms with Gasteiger partial charge in [-0.3, -0.25) is 10.3 Å². The Balaban J connectivity index is 1.68. The van der Waals surface area contributed by atoms with Gasteiger partial charge in [-0.15, -0.1) is 0 Å². The number of likely N-dealkylation sites (tertiary alicyclic amines) is 1. The van der Waals surface area contributed by atoms with Crippen LogP contribution in [0.2, 0.25) is 0 Å². The summed E-state index contributed by atoms with van der Waals surface area (Å²) in [7, 11) is 0. The number of nitrogens with zero attached hydrogens (tertiary/aromatic N) is 2. The number of rotatable bonds is 4. The lowest BCUT2D eigenvalue weighted by Crippen LogP contribution is -2.43. The summed E-state index contributed by atoms with van der Waals surface area (Å²) < 4.78 is 10.6. The van der Waals surface area contributed by atoms with Gasteiger partial charge in [-0.2, -0.15) is 0 Å². The van der Waals surface area contributed by atoms with Gasteiger partial charge in [0.25, 0.3) is 0 Å². The summed E-state index contributed by atoms with van der Waals surface area (Å²) in [6.07, 6.45) is 3.56. The van der Waals surface area contributed by atoms with Crippen LogP contribution < -0.4 is 5.48 Å². The quantitative estimate of drug-likeness (QED) is 0.752. The first-order valence-electron chi connectivity index (χ1n) is 9.68. The maximum atomic E-state index is 12.1. The smallest absolute Gasteiger partial charge is 0.410 e. The van der Waals surface area contributed by atoms with Crippen molar-refractivity contribution < 1.29 is 23.9 Å². The molecule has 0 aromatic heterocycles. The molecule has 1 fully saturated rings. The van der Waals surface area contributed by atoms with E-state index in [0.717, 1.165) is 18.5 Å². The molecule has 1 N–H and O–H groups in total. The molecule has 0 atom stereocenters. The fourth-order valence-corrected chi connectivity index (χ4v) is 2.85. The van der Waals surface area contributed by atoms with Crippen molar-refractivity contribution in [1.82, 2.24) is 15.3 Å². The minimum absolute atomic E-state index is 0.0536. The van der Waals surface area contributed by atoms with Gasteiger partial charge in [-0.1, -0.05) is 0 Å². The maximum Gasteiger partial charge on any atom is 0.410 e. The summed E-state index contributed by atoms with van der Waals surface area (Å²) in [5.74, 6) is 0. The van der Waals surface area contributed by atoms with Gasteiger partial charge in [0.1, 0.15) is 5.60 Å². The molecule has 8 nitrogen and oxygen atoms in total. The lowest BCUT2D eigenvalue weighted by atomic mass is 10.1. The van der Waals surface area contributed by atoms with Crippen molar-refractivity contribution in [2.45, 2.75) is 71.7 Å². The van der Waals surface area contributed by atoms with E-state index in [1.807, 2.05) is 40.7 Å². The topological polar surface area (TPSA) is 80.3 Å². The van der Waals surface area contributed by atoms with E-state index in [4.69, 9.17) is 14.3 Å². The van der Waals surface area contributed by atoms with E-state index in [2.05, 4.69) is 5.48 Å². The van der Waals surface area contributed by atoms with Gasteiger partial charge >= 0.3 is 12.2 Å². The van der Waals surface area contributed by atoms with Gasteiger partial charge < -0.3 is 19.3 Å². The number of ether oxygens (including phenoxy) is 2. The summed E-state index contributed by atoms with van der Waals surface area (Å²) in [5, 5.41) is 0. The molecule has 8 heteroatoms. The predicted molar refractivity (Wildman–Crippen MR) is 101 cm³/mol. The van der Waals surface area contributed by atoms with E-state index in [9.17, 15) is 9.59 Å². The number of amides is 2. The number of hydroxylamine groups is 1. The zero-order valence-electron chi connectivity index (χ0n) is 17.1. The van der Waals surface area contributed by atoms with E-state index >= 15 is 0 Å². The van der Waals surface area contributed by atoms with Crippen LogP contribution in [0.15, 0.2) is 11.8 Å². The van der Waals surface area contributed by atoms with Crippen LogP contribution in [0, 0.1) is 0 Å². The molecule has 2 heterocycles. The largest absolute Gasteiger partial charge is 0.447 e. The predicted octanol–water partition coefficient (Wildman–Crippen LogP) is 3.04. The second kappa shape index (κ2) is 9.30. The summed E-state index contributed by atoms with van der Waals surface area (Å²) in [6.45, 7) is 11.6. The lowest BCUT2D eigenvalue weighted by molar-refractivity contribution is -0.0428. The van der Waals surface area contributed by atoms with Crippen LogP contribution in [-0.2, 0) is 14.3 Å². The third kappa shape index (κ3) is 7.28. The fourth-order valence-electron chi connectivity index (χ4n) is 2.85. The first kappa shape index (κ1) is 21.3. The van der Waals surface area contributed by atoms with Crippen LogP contribution in [0.25, 0.3) is 0 Å². The van der Waals surface area contributed by atoms with Crippen LogP contribution in [0.3, 0.4) is 0 Å². The Labute approximate surface area is 161 Å². The van der Waals surface area contributed by atoms with Gasteiger partial charge in [0.05, 0.1) is 12.2 Å². The number of hydrogen-bond acceptors (Lipinski definition) is 6. The minimum atomic E-state index is -0.487. The lowest BCUT2D eigenvalue weighted by Gasteiger charge is -2.33. The Morgan fingerprint density at radius 1 is 1.11 bits per heavy atom. The zero-order chi connectivity index (χ0) is 20.0. The van der Waals surface area contributed by atoms with Crippen molar-refractivity contribution >= 4 is 12.2 Å². The monoisotopic (exact) mass is 383 g/mol. The number of piperidine rings is 1. The molecule has 2 aliphatic rings. The van der Waals surface area contributed by atoms with Gasteiger partial charge in [0.15, 0.2) is 0 Å². The van der Waals surface area contributed by atoms with Crippen molar-refractivity contribution in [2.75, 3.05) is 26.2 Å². The van der Waals surface area contributed by atoms with Crippen LogP contribution in [-0.4, -0.2) is 66.0 Å². The molecule has 154 valence electrons. The van der Waals surface area contributed by atoms with Crippen LogP contribution in [0.4, 0.5) is 9.59 Å². The summed E-state index contributed by atoms with van der Waals surface area (Å²) >= 11 is 0. The molecule has 1 saturated heterocycles. The molecule has 0 bridgehead atoms. The first-order valence-corrected chi connectivity index (χ1v) is 9.68. The molecular weight excluding hydrogens is 350 g/mol. The SMILES string of the molecule is CC(C)OC(=O)N1CCC(ONC2=CCN(C(=O)OC(C)(C)C)CC2)CC1. The average molecular weight is 383 g/mol. The number of carbonyl (C=O) groups is 2. The van der Waals surface area contributed by atoms with E-state index < -0.39 is 5.60 Å². The molecule has 27 heavy (non-hydrogen) atoms. The van der Waals surface area contributed by atoms with E-state index in [0.29, 0.717) is 32.6 Å². The Morgan fingerprint density at radius 2 is 1.78 bits per heavy atom. The van der Waals surface area contributed by atoms with Crippen molar-refractivity contribution in [2.24, 2.45) is 0 Å². The van der Waals surface area contributed by atoms with E-state index in [-0.39, 0.29) is 24.4 Å². The Morgan fingerprint density at radius 3 is 2.30 bits per heavy atom. The van der Waals surface area contributed by atoms with Crippen LogP contribution in [0.1, 0.15) is 53.9 Å². The zero-order valence-corrected chi connectivity index (χ0v) is 17.1. The van der Waals surface area contributed by atoms with Crippen LogP contribution in [0.5, 0.6) is 0 Å². The molecule has 2 amide bonds. The van der Waals surface area contributed by atoms with Gasteiger partial charge in [-0.25, -0.2) is 9.59 Å². The van der Waals surface area contributed by atoms with Crippen LogP contribution >= 0.6 is 0 Å². The van der Waals surface area contributed by atoms with Crippen molar-refractivity contribution in [3.05, 3.63) is 11.8 Å². The van der Waals surface area contributed by atoms with Gasteiger partial charge in [-0.05, 0) is 53.5 Å². The number of nitrogens with one attached hydrogen (secondary N) is 1. The number of carbonyl (C=O) groups excluding carboxylic acids is 2. The molecule has 0 aromatic rings. The molecule has 0 unspecified atom stereocenters. The fraction of sp³-hybridized carbons (Fsp3) is 0.789. The highest BCUT2D eigenvalue weighted by Gasteiger charge is 2.26. The third-order valence-corrected chi connectivity index (χ3v) is 4.25. The Bertz CT molecular complexity index is 548. The average Bonchev–Trinajstić information content (AvgIpc) is 2.59. The van der Waals surface area contributed by atoms with Gasteiger partial charge in [0, 0.05) is 38.3 Å². The second-order valence-corrected chi connectivity index (χ2v) is 8.24.